The van der Waals surface area contributed by atoms with Gasteiger partial charge in [-0.25, -0.2) is 4.39 Å². The summed E-state index contributed by atoms with van der Waals surface area (Å²) in [4.78, 5) is 24.2. The third-order valence-electron chi connectivity index (χ3n) is 3.69. The summed E-state index contributed by atoms with van der Waals surface area (Å²) >= 11 is 1.61. The van der Waals surface area contributed by atoms with Crippen molar-refractivity contribution >= 4 is 35.0 Å². The molecule has 0 saturated heterocycles. The highest BCUT2D eigenvalue weighted by Gasteiger charge is 2.14. The number of nitrogens with one attached hydrogen (secondary N) is 2. The molecule has 0 heterocycles. The predicted octanol–water partition coefficient (Wildman–Crippen LogP) is 3.03. The number of carbonyl (C=O) groups is 2. The summed E-state index contributed by atoms with van der Waals surface area (Å²) in [5.74, 6) is -0.475. The number of hydrogen-bond acceptors (Lipinski definition) is 4. The van der Waals surface area contributed by atoms with Gasteiger partial charge in [0.2, 0.25) is 11.8 Å². The fourth-order valence-corrected chi connectivity index (χ4v) is 2.77. The van der Waals surface area contributed by atoms with E-state index >= 15 is 0 Å². The Morgan fingerprint density at radius 3 is 2.58 bits per heavy atom. The van der Waals surface area contributed by atoms with Gasteiger partial charge < -0.3 is 16.4 Å². The highest BCUT2D eigenvalue weighted by Crippen LogP contribution is 2.20. The van der Waals surface area contributed by atoms with Gasteiger partial charge in [-0.2, -0.15) is 11.8 Å². The third-order valence-corrected chi connectivity index (χ3v) is 4.33. The molecule has 4 N–H and O–H groups in total. The van der Waals surface area contributed by atoms with E-state index in [9.17, 15) is 14.0 Å². The molecule has 0 fully saturated rings. The van der Waals surface area contributed by atoms with Crippen molar-refractivity contribution in [2.45, 2.75) is 18.9 Å². The van der Waals surface area contributed by atoms with Crippen LogP contribution < -0.4 is 16.4 Å². The molecule has 26 heavy (non-hydrogen) atoms. The molecule has 0 saturated carbocycles. The van der Waals surface area contributed by atoms with Crippen LogP contribution in [0.5, 0.6) is 0 Å². The van der Waals surface area contributed by atoms with Gasteiger partial charge in [-0.1, -0.05) is 30.3 Å². The van der Waals surface area contributed by atoms with Crippen molar-refractivity contribution in [3.63, 3.8) is 0 Å². The van der Waals surface area contributed by atoms with Crippen molar-refractivity contribution in [2.75, 3.05) is 22.6 Å². The van der Waals surface area contributed by atoms with E-state index in [1.54, 1.807) is 11.8 Å². The largest absolute Gasteiger partial charge is 0.325 e. The summed E-state index contributed by atoms with van der Waals surface area (Å²) in [6.07, 6.45) is 2.63. The molecule has 1 atom stereocenters. The number of hydrogen-bond donors (Lipinski definition) is 3. The third kappa shape index (κ3) is 6.16. The van der Waals surface area contributed by atoms with Crippen molar-refractivity contribution < 1.29 is 14.0 Å². The van der Waals surface area contributed by atoms with E-state index in [0.29, 0.717) is 12.1 Å². The number of rotatable bonds is 8. The Bertz CT molecular complexity index is 756. The monoisotopic (exact) mass is 375 g/mol. The second kappa shape index (κ2) is 9.94. The van der Waals surface area contributed by atoms with Crippen LogP contribution in [0.3, 0.4) is 0 Å². The van der Waals surface area contributed by atoms with Crippen molar-refractivity contribution in [3.05, 3.63) is 59.9 Å². The zero-order valence-corrected chi connectivity index (χ0v) is 15.3. The van der Waals surface area contributed by atoms with Gasteiger partial charge in [0, 0.05) is 5.69 Å². The number of halogens is 1. The van der Waals surface area contributed by atoms with Gasteiger partial charge in [0.1, 0.15) is 5.82 Å². The number of nitrogens with two attached hydrogens (primary N) is 1. The molecule has 2 aromatic rings. The molecule has 0 bridgehead atoms. The van der Waals surface area contributed by atoms with E-state index in [1.807, 2.05) is 36.6 Å². The number of benzene rings is 2. The maximum Gasteiger partial charge on any atom is 0.241 e. The van der Waals surface area contributed by atoms with Crippen LogP contribution in [-0.2, 0) is 16.0 Å². The van der Waals surface area contributed by atoms with E-state index < -0.39 is 11.9 Å². The maximum absolute atomic E-state index is 14.0. The molecule has 2 amide bonds. The van der Waals surface area contributed by atoms with Gasteiger partial charge in [-0.3, -0.25) is 9.59 Å². The Hall–Kier alpha value is -2.38. The fourth-order valence-electron chi connectivity index (χ4n) is 2.29. The van der Waals surface area contributed by atoms with Crippen molar-refractivity contribution in [1.29, 1.82) is 0 Å². The van der Waals surface area contributed by atoms with Crippen LogP contribution in [-0.4, -0.2) is 29.9 Å². The number of carbonyl (C=O) groups excluding carboxylic acids is 2. The van der Waals surface area contributed by atoms with Crippen LogP contribution in [0.1, 0.15) is 12.0 Å². The first kappa shape index (κ1) is 19.9. The minimum Gasteiger partial charge on any atom is -0.325 e. The normalized spacial score (nSPS) is 11.7. The summed E-state index contributed by atoms with van der Waals surface area (Å²) < 4.78 is 14.0. The van der Waals surface area contributed by atoms with Crippen LogP contribution in [0.2, 0.25) is 0 Å². The van der Waals surface area contributed by atoms with Gasteiger partial charge in [0.25, 0.3) is 0 Å². The molecule has 0 unspecified atom stereocenters. The highest BCUT2D eigenvalue weighted by molar-refractivity contribution is 7.98. The van der Waals surface area contributed by atoms with E-state index in [1.165, 1.54) is 18.2 Å². The van der Waals surface area contributed by atoms with Crippen LogP contribution in [0.15, 0.2) is 48.5 Å². The fraction of sp³-hybridized carbons (Fsp3) is 0.263. The molecule has 5 nitrogen and oxygen atoms in total. The molecule has 0 spiro atoms. The first-order chi connectivity index (χ1) is 12.5. The van der Waals surface area contributed by atoms with Crippen molar-refractivity contribution in [3.8, 4) is 0 Å². The summed E-state index contributed by atoms with van der Waals surface area (Å²) in [5.41, 5.74) is 7.04. The molecule has 0 aliphatic carbocycles. The van der Waals surface area contributed by atoms with E-state index in [4.69, 9.17) is 5.73 Å². The van der Waals surface area contributed by atoms with Crippen molar-refractivity contribution in [1.82, 2.24) is 0 Å². The lowest BCUT2D eigenvalue weighted by Crippen LogP contribution is -2.36. The second-order valence-electron chi connectivity index (χ2n) is 5.78. The Kier molecular flexibility index (Phi) is 7.62. The quantitative estimate of drug-likeness (QED) is 0.662. The number of thioether (sulfide) groups is 1. The average molecular weight is 375 g/mol. The van der Waals surface area contributed by atoms with Crippen LogP contribution in [0, 0.1) is 5.82 Å². The van der Waals surface area contributed by atoms with Gasteiger partial charge in [0.05, 0.1) is 18.2 Å². The standard InChI is InChI=1S/C19H22FN3O2S/c1-26-10-9-16(21)19(25)22-14-7-8-15(20)17(12-14)23-18(24)11-13-5-3-2-4-6-13/h2-8,12,16H,9-11,21H2,1H3,(H,22,25)(H,23,24)/t16-/m0/s1. The molecule has 138 valence electrons. The maximum atomic E-state index is 14.0. The summed E-state index contributed by atoms with van der Waals surface area (Å²) in [6.45, 7) is 0. The minimum atomic E-state index is -0.636. The first-order valence-electron chi connectivity index (χ1n) is 8.18. The molecule has 2 rings (SSSR count). The lowest BCUT2D eigenvalue weighted by Gasteiger charge is -2.13. The Labute approximate surface area is 156 Å². The Balaban J connectivity index is 2.00. The molecule has 0 aliphatic rings. The Morgan fingerprint density at radius 2 is 1.88 bits per heavy atom. The molecular formula is C19H22FN3O2S. The molecule has 0 radical (unpaired) electrons. The van der Waals surface area contributed by atoms with Crippen molar-refractivity contribution in [2.24, 2.45) is 5.73 Å². The predicted molar refractivity (Wildman–Crippen MR) is 105 cm³/mol. The summed E-state index contributed by atoms with van der Waals surface area (Å²) in [7, 11) is 0. The highest BCUT2D eigenvalue weighted by atomic mass is 32.2. The number of amides is 2. The zero-order valence-electron chi connectivity index (χ0n) is 14.5. The molecular weight excluding hydrogens is 353 g/mol. The summed E-state index contributed by atoms with van der Waals surface area (Å²) in [6, 6.07) is 12.5. The second-order valence-corrected chi connectivity index (χ2v) is 6.77. The zero-order chi connectivity index (χ0) is 18.9. The van der Waals surface area contributed by atoms with Gasteiger partial charge >= 0.3 is 0 Å². The molecule has 0 aliphatic heterocycles. The summed E-state index contributed by atoms with van der Waals surface area (Å²) in [5, 5.41) is 5.19. The SMILES string of the molecule is CSCC[C@H](N)C(=O)Nc1ccc(F)c(NC(=O)Cc2ccccc2)c1. The van der Waals surface area contributed by atoms with E-state index in [0.717, 1.165) is 11.3 Å². The smallest absolute Gasteiger partial charge is 0.241 e. The molecule has 7 heteroatoms. The topological polar surface area (TPSA) is 84.2 Å². The van der Waals surface area contributed by atoms with Gasteiger partial charge in [-0.15, -0.1) is 0 Å². The number of anilines is 2. The lowest BCUT2D eigenvalue weighted by atomic mass is 10.1. The van der Waals surface area contributed by atoms with E-state index in [-0.39, 0.29) is 23.9 Å². The van der Waals surface area contributed by atoms with Gasteiger partial charge in [-0.05, 0) is 42.2 Å². The Morgan fingerprint density at radius 1 is 1.15 bits per heavy atom. The lowest BCUT2D eigenvalue weighted by molar-refractivity contribution is -0.117. The first-order valence-corrected chi connectivity index (χ1v) is 9.57. The van der Waals surface area contributed by atoms with Crippen LogP contribution in [0.4, 0.5) is 15.8 Å². The molecule has 0 aromatic heterocycles. The minimum absolute atomic E-state index is 0.0152. The molecule has 2 aromatic carbocycles. The van der Waals surface area contributed by atoms with Crippen LogP contribution >= 0.6 is 11.8 Å². The van der Waals surface area contributed by atoms with E-state index in [2.05, 4.69) is 10.6 Å². The average Bonchev–Trinajstić information content (AvgIpc) is 2.63. The van der Waals surface area contributed by atoms with Gasteiger partial charge in [0.15, 0.2) is 0 Å². The van der Waals surface area contributed by atoms with Crippen LogP contribution in [0.25, 0.3) is 0 Å².